The molecule has 1 aliphatic carbocycles. The van der Waals surface area contributed by atoms with Crippen molar-refractivity contribution in [1.29, 1.82) is 0 Å². The Morgan fingerprint density at radius 1 is 1.26 bits per heavy atom. The van der Waals surface area contributed by atoms with Crippen molar-refractivity contribution in [2.75, 3.05) is 11.9 Å². The second-order valence-corrected chi connectivity index (χ2v) is 7.26. The molecule has 1 aromatic heterocycles. The highest BCUT2D eigenvalue weighted by Gasteiger charge is 2.31. The highest BCUT2D eigenvalue weighted by atomic mass is 79.9. The molecule has 1 saturated carbocycles. The topological polar surface area (TPSA) is 69.0 Å². The lowest BCUT2D eigenvalue weighted by atomic mass is 10.3. The average Bonchev–Trinajstić information content (AvgIpc) is 3.43. The number of aromatic nitrogens is 3. The summed E-state index contributed by atoms with van der Waals surface area (Å²) < 4.78 is 8.22. The molecule has 0 spiro atoms. The van der Waals surface area contributed by atoms with E-state index in [-0.39, 0.29) is 11.7 Å². The molecule has 0 bridgehead atoms. The van der Waals surface area contributed by atoms with Crippen LogP contribution in [0.4, 0.5) is 5.69 Å². The second-order valence-electron chi connectivity index (χ2n) is 6.34. The molecular formula is C20H19BrN4O2. The van der Waals surface area contributed by atoms with Gasteiger partial charge < -0.3 is 10.1 Å². The average molecular weight is 427 g/mol. The van der Waals surface area contributed by atoms with Crippen molar-refractivity contribution in [3.63, 3.8) is 0 Å². The minimum atomic E-state index is -0.356. The van der Waals surface area contributed by atoms with Gasteiger partial charge >= 0.3 is 0 Å². The third-order valence-electron chi connectivity index (χ3n) is 4.27. The van der Waals surface area contributed by atoms with Gasteiger partial charge in [-0.15, -0.1) is 5.10 Å². The van der Waals surface area contributed by atoms with E-state index in [0.29, 0.717) is 24.0 Å². The predicted molar refractivity (Wildman–Crippen MR) is 107 cm³/mol. The molecule has 1 amide bonds. The van der Waals surface area contributed by atoms with Gasteiger partial charge in [0.15, 0.2) is 0 Å². The van der Waals surface area contributed by atoms with Crippen LogP contribution < -0.4 is 10.1 Å². The third-order valence-corrected chi connectivity index (χ3v) is 4.76. The number of para-hydroxylation sites is 1. The molecule has 0 atom stereocenters. The van der Waals surface area contributed by atoms with Crippen molar-refractivity contribution in [3.8, 4) is 11.4 Å². The zero-order valence-electron chi connectivity index (χ0n) is 14.9. The number of carbonyl (C=O) groups is 1. The van der Waals surface area contributed by atoms with Crippen LogP contribution in [0.15, 0.2) is 53.0 Å². The molecule has 0 radical (unpaired) electrons. The first-order valence-corrected chi connectivity index (χ1v) is 9.71. The summed E-state index contributed by atoms with van der Waals surface area (Å²) in [5.41, 5.74) is 1.49. The number of hydrogen-bond donors (Lipinski definition) is 1. The van der Waals surface area contributed by atoms with Crippen LogP contribution in [0.2, 0.25) is 0 Å². The van der Waals surface area contributed by atoms with E-state index in [0.717, 1.165) is 28.8 Å². The van der Waals surface area contributed by atoms with Gasteiger partial charge in [-0.3, -0.25) is 4.79 Å². The number of halogens is 1. The van der Waals surface area contributed by atoms with E-state index in [9.17, 15) is 4.79 Å². The summed E-state index contributed by atoms with van der Waals surface area (Å²) in [6.45, 7) is 2.41. The summed E-state index contributed by atoms with van der Waals surface area (Å²) in [4.78, 5) is 17.3. The number of anilines is 1. The van der Waals surface area contributed by atoms with Crippen molar-refractivity contribution in [2.24, 2.45) is 0 Å². The maximum Gasteiger partial charge on any atom is 0.295 e. The molecule has 27 heavy (non-hydrogen) atoms. The highest BCUT2D eigenvalue weighted by Crippen LogP contribution is 2.39. The summed E-state index contributed by atoms with van der Waals surface area (Å²) in [6, 6.07) is 15.3. The van der Waals surface area contributed by atoms with Crippen LogP contribution in [0.3, 0.4) is 0 Å². The van der Waals surface area contributed by atoms with E-state index in [1.165, 1.54) is 0 Å². The molecular weight excluding hydrogens is 408 g/mol. The van der Waals surface area contributed by atoms with Gasteiger partial charge in [-0.05, 0) is 50.1 Å². The van der Waals surface area contributed by atoms with Crippen molar-refractivity contribution in [2.45, 2.75) is 25.7 Å². The van der Waals surface area contributed by atoms with Gasteiger partial charge in [-0.25, -0.2) is 9.67 Å². The maximum atomic E-state index is 12.8. The molecule has 3 aromatic rings. The van der Waals surface area contributed by atoms with E-state index in [2.05, 4.69) is 31.3 Å². The van der Waals surface area contributed by atoms with E-state index >= 15 is 0 Å². The smallest absolute Gasteiger partial charge is 0.295 e. The Hall–Kier alpha value is -2.67. The Labute approximate surface area is 165 Å². The quantitative estimate of drug-likeness (QED) is 0.627. The fourth-order valence-electron chi connectivity index (χ4n) is 2.84. The van der Waals surface area contributed by atoms with Crippen molar-refractivity contribution >= 4 is 27.5 Å². The molecule has 1 fully saturated rings. The van der Waals surface area contributed by atoms with E-state index in [4.69, 9.17) is 4.74 Å². The standard InChI is InChI=1S/C20H19BrN4O2/c1-2-27-17-11-10-14(21)12-16(17)22-20(26)18-23-19(13-8-9-13)25(24-18)15-6-4-3-5-7-15/h3-7,10-13H,2,8-9H2,1H3,(H,22,26). The van der Waals surface area contributed by atoms with Gasteiger partial charge in [0, 0.05) is 10.4 Å². The van der Waals surface area contributed by atoms with Crippen LogP contribution in [0.5, 0.6) is 5.75 Å². The number of benzene rings is 2. The number of carbonyl (C=O) groups excluding carboxylic acids is 1. The molecule has 138 valence electrons. The van der Waals surface area contributed by atoms with E-state index in [1.54, 1.807) is 10.7 Å². The van der Waals surface area contributed by atoms with Crippen molar-refractivity contribution in [3.05, 3.63) is 64.7 Å². The zero-order valence-corrected chi connectivity index (χ0v) is 16.4. The van der Waals surface area contributed by atoms with Crippen LogP contribution in [0, 0.1) is 0 Å². The molecule has 1 aliphatic rings. The lowest BCUT2D eigenvalue weighted by Gasteiger charge is -2.10. The van der Waals surface area contributed by atoms with Gasteiger partial charge in [-0.2, -0.15) is 0 Å². The van der Waals surface area contributed by atoms with Crippen LogP contribution in [-0.4, -0.2) is 27.3 Å². The van der Waals surface area contributed by atoms with Gasteiger partial charge in [0.05, 0.1) is 18.0 Å². The second kappa shape index (κ2) is 7.52. The first kappa shape index (κ1) is 17.7. The lowest BCUT2D eigenvalue weighted by molar-refractivity contribution is 0.101. The van der Waals surface area contributed by atoms with Gasteiger partial charge in [0.2, 0.25) is 5.82 Å². The third kappa shape index (κ3) is 3.88. The molecule has 7 heteroatoms. The Balaban J connectivity index is 1.64. The maximum absolute atomic E-state index is 12.8. The SMILES string of the molecule is CCOc1ccc(Br)cc1NC(=O)c1nc(C2CC2)n(-c2ccccc2)n1. The van der Waals surface area contributed by atoms with Crippen molar-refractivity contribution in [1.82, 2.24) is 14.8 Å². The molecule has 2 aromatic carbocycles. The van der Waals surface area contributed by atoms with Crippen molar-refractivity contribution < 1.29 is 9.53 Å². The summed E-state index contributed by atoms with van der Waals surface area (Å²) in [5.74, 6) is 1.61. The van der Waals surface area contributed by atoms with Crippen LogP contribution >= 0.6 is 15.9 Å². The summed E-state index contributed by atoms with van der Waals surface area (Å²) in [7, 11) is 0. The number of rotatable bonds is 6. The number of ether oxygens (including phenoxy) is 1. The van der Waals surface area contributed by atoms with Crippen LogP contribution in [-0.2, 0) is 0 Å². The highest BCUT2D eigenvalue weighted by molar-refractivity contribution is 9.10. The molecule has 4 rings (SSSR count). The largest absolute Gasteiger partial charge is 0.492 e. The summed E-state index contributed by atoms with van der Waals surface area (Å²) >= 11 is 3.43. The monoisotopic (exact) mass is 426 g/mol. The fraction of sp³-hybridized carbons (Fsp3) is 0.250. The Morgan fingerprint density at radius 3 is 2.74 bits per heavy atom. The molecule has 0 aliphatic heterocycles. The zero-order chi connectivity index (χ0) is 18.8. The molecule has 0 unspecified atom stereocenters. The normalized spacial score (nSPS) is 13.4. The Kier molecular flexibility index (Phi) is 4.94. The minimum absolute atomic E-state index is 0.156. The first-order chi connectivity index (χ1) is 13.2. The minimum Gasteiger partial charge on any atom is -0.492 e. The van der Waals surface area contributed by atoms with Gasteiger partial charge in [0.25, 0.3) is 5.91 Å². The number of hydrogen-bond acceptors (Lipinski definition) is 4. The van der Waals surface area contributed by atoms with Crippen LogP contribution in [0.1, 0.15) is 42.1 Å². The summed E-state index contributed by atoms with van der Waals surface area (Å²) in [5, 5.41) is 7.35. The Morgan fingerprint density at radius 2 is 2.04 bits per heavy atom. The lowest BCUT2D eigenvalue weighted by Crippen LogP contribution is -2.15. The molecule has 1 N–H and O–H groups in total. The van der Waals surface area contributed by atoms with Crippen LogP contribution in [0.25, 0.3) is 5.69 Å². The summed E-state index contributed by atoms with van der Waals surface area (Å²) in [6.07, 6.45) is 2.15. The number of amides is 1. The first-order valence-electron chi connectivity index (χ1n) is 8.91. The molecule has 1 heterocycles. The Bertz CT molecular complexity index is 967. The fourth-order valence-corrected chi connectivity index (χ4v) is 3.21. The van der Waals surface area contributed by atoms with E-state index < -0.39 is 0 Å². The van der Waals surface area contributed by atoms with Gasteiger partial charge in [-0.1, -0.05) is 34.1 Å². The predicted octanol–water partition coefficient (Wildman–Crippen LogP) is 4.56. The van der Waals surface area contributed by atoms with Gasteiger partial charge in [0.1, 0.15) is 11.6 Å². The number of nitrogens with zero attached hydrogens (tertiary/aromatic N) is 3. The van der Waals surface area contributed by atoms with E-state index in [1.807, 2.05) is 49.4 Å². The molecule has 6 nitrogen and oxygen atoms in total. The number of nitrogens with one attached hydrogen (secondary N) is 1. The molecule has 0 saturated heterocycles.